The van der Waals surface area contributed by atoms with E-state index in [1.807, 2.05) is 0 Å². The number of carbonyl (C=O) groups excluding carboxylic acids is 3. The second-order valence-electron chi connectivity index (χ2n) is 4.00. The Bertz CT molecular complexity index is 581. The van der Waals surface area contributed by atoms with Crippen LogP contribution < -0.4 is 16.4 Å². The highest BCUT2D eigenvalue weighted by atomic mass is 32.2. The first-order valence-corrected chi connectivity index (χ1v) is 7.25. The SMILES string of the molecule is CCOC(=O)c1cnc(SC(C)C(=O)NC(=O)NC)nc1N. The van der Waals surface area contributed by atoms with Gasteiger partial charge in [-0.25, -0.2) is 19.6 Å². The molecule has 0 aromatic carbocycles. The van der Waals surface area contributed by atoms with Crippen LogP contribution >= 0.6 is 11.8 Å². The molecule has 0 aliphatic rings. The Morgan fingerprint density at radius 2 is 2.14 bits per heavy atom. The summed E-state index contributed by atoms with van der Waals surface area (Å²) < 4.78 is 4.81. The van der Waals surface area contributed by atoms with Crippen LogP contribution in [-0.4, -0.2) is 46.8 Å². The van der Waals surface area contributed by atoms with Crippen LogP contribution in [0.2, 0.25) is 0 Å². The molecule has 10 heteroatoms. The number of hydrogen-bond acceptors (Lipinski definition) is 8. The molecule has 1 heterocycles. The molecule has 4 N–H and O–H groups in total. The van der Waals surface area contributed by atoms with Crippen molar-refractivity contribution >= 4 is 35.5 Å². The third-order valence-electron chi connectivity index (χ3n) is 2.41. The molecule has 1 unspecified atom stereocenters. The second-order valence-corrected chi connectivity index (χ2v) is 5.31. The first-order chi connectivity index (χ1) is 10.4. The summed E-state index contributed by atoms with van der Waals surface area (Å²) in [4.78, 5) is 42.2. The predicted octanol–water partition coefficient (Wildman–Crippen LogP) is 0.172. The lowest BCUT2D eigenvalue weighted by Gasteiger charge is -2.10. The van der Waals surface area contributed by atoms with Crippen LogP contribution in [0.15, 0.2) is 11.4 Å². The first-order valence-electron chi connectivity index (χ1n) is 6.37. The third-order valence-corrected chi connectivity index (χ3v) is 3.38. The number of rotatable bonds is 5. The predicted molar refractivity (Wildman–Crippen MR) is 80.3 cm³/mol. The van der Waals surface area contributed by atoms with Gasteiger partial charge in [-0.3, -0.25) is 10.1 Å². The number of aromatic nitrogens is 2. The highest BCUT2D eigenvalue weighted by molar-refractivity contribution is 8.00. The average Bonchev–Trinajstić information content (AvgIpc) is 2.47. The molecule has 3 amide bonds. The van der Waals surface area contributed by atoms with Crippen LogP contribution in [0.1, 0.15) is 24.2 Å². The summed E-state index contributed by atoms with van der Waals surface area (Å²) in [5, 5.41) is 4.01. The van der Waals surface area contributed by atoms with E-state index in [0.29, 0.717) is 0 Å². The van der Waals surface area contributed by atoms with E-state index in [0.717, 1.165) is 11.8 Å². The van der Waals surface area contributed by atoms with E-state index in [1.165, 1.54) is 13.2 Å². The standard InChI is InChI=1S/C12H17N5O4S/c1-4-21-10(19)7-5-15-12(16-8(7)13)22-6(2)9(18)17-11(20)14-3/h5-6H,4H2,1-3H3,(H2,13,15,16)(H2,14,17,18,20). The number of ether oxygens (including phenoxy) is 1. The van der Waals surface area contributed by atoms with Crippen LogP contribution in [0.25, 0.3) is 0 Å². The Kier molecular flexibility index (Phi) is 6.57. The largest absolute Gasteiger partial charge is 0.462 e. The molecule has 1 rings (SSSR count). The van der Waals surface area contributed by atoms with E-state index < -0.39 is 23.2 Å². The monoisotopic (exact) mass is 327 g/mol. The molecule has 0 saturated carbocycles. The molecule has 0 bridgehead atoms. The summed E-state index contributed by atoms with van der Waals surface area (Å²) in [6.07, 6.45) is 1.24. The maximum atomic E-state index is 11.7. The lowest BCUT2D eigenvalue weighted by Crippen LogP contribution is -2.41. The number of amides is 3. The number of nitrogens with two attached hydrogens (primary N) is 1. The highest BCUT2D eigenvalue weighted by Gasteiger charge is 2.19. The number of nitrogens with one attached hydrogen (secondary N) is 2. The zero-order valence-electron chi connectivity index (χ0n) is 12.4. The Balaban J connectivity index is 2.74. The van der Waals surface area contributed by atoms with Gasteiger partial charge in [0.05, 0.1) is 11.9 Å². The Labute approximate surface area is 131 Å². The molecule has 1 atom stereocenters. The molecular formula is C12H17N5O4S. The maximum absolute atomic E-state index is 11.7. The number of hydrogen-bond donors (Lipinski definition) is 3. The van der Waals surface area contributed by atoms with Gasteiger partial charge in [0, 0.05) is 13.2 Å². The van der Waals surface area contributed by atoms with E-state index in [9.17, 15) is 14.4 Å². The molecule has 120 valence electrons. The fourth-order valence-corrected chi connectivity index (χ4v) is 2.04. The maximum Gasteiger partial charge on any atom is 0.343 e. The van der Waals surface area contributed by atoms with Gasteiger partial charge >= 0.3 is 12.0 Å². The highest BCUT2D eigenvalue weighted by Crippen LogP contribution is 2.21. The van der Waals surface area contributed by atoms with Gasteiger partial charge < -0.3 is 15.8 Å². The van der Waals surface area contributed by atoms with Gasteiger partial charge in [-0.15, -0.1) is 0 Å². The lowest BCUT2D eigenvalue weighted by atomic mass is 10.3. The molecule has 0 aliphatic carbocycles. The number of urea groups is 1. The molecule has 1 aromatic heterocycles. The summed E-state index contributed by atoms with van der Waals surface area (Å²) >= 11 is 1.01. The van der Waals surface area contributed by atoms with Gasteiger partial charge in [0.25, 0.3) is 0 Å². The molecule has 22 heavy (non-hydrogen) atoms. The van der Waals surface area contributed by atoms with Gasteiger partial charge in [0.1, 0.15) is 11.4 Å². The van der Waals surface area contributed by atoms with Crippen molar-refractivity contribution in [2.45, 2.75) is 24.3 Å². The van der Waals surface area contributed by atoms with Gasteiger partial charge in [0.2, 0.25) is 5.91 Å². The summed E-state index contributed by atoms with van der Waals surface area (Å²) in [5.41, 5.74) is 5.74. The molecular weight excluding hydrogens is 310 g/mol. The molecule has 0 saturated heterocycles. The van der Waals surface area contributed by atoms with Crippen LogP contribution in [0.4, 0.5) is 10.6 Å². The number of esters is 1. The zero-order chi connectivity index (χ0) is 16.7. The Morgan fingerprint density at radius 3 is 2.68 bits per heavy atom. The van der Waals surface area contributed by atoms with Crippen LogP contribution in [0, 0.1) is 0 Å². The minimum absolute atomic E-state index is 0.0325. The van der Waals surface area contributed by atoms with Gasteiger partial charge in [0.15, 0.2) is 5.16 Å². The minimum Gasteiger partial charge on any atom is -0.462 e. The van der Waals surface area contributed by atoms with E-state index in [4.69, 9.17) is 10.5 Å². The smallest absolute Gasteiger partial charge is 0.343 e. The van der Waals surface area contributed by atoms with E-state index in [2.05, 4.69) is 20.6 Å². The van der Waals surface area contributed by atoms with Crippen LogP contribution in [0.5, 0.6) is 0 Å². The van der Waals surface area contributed by atoms with Crippen LogP contribution in [-0.2, 0) is 9.53 Å². The third kappa shape index (κ3) is 4.88. The fraction of sp³-hybridized carbons (Fsp3) is 0.417. The lowest BCUT2D eigenvalue weighted by molar-refractivity contribution is -0.119. The molecule has 0 radical (unpaired) electrons. The molecule has 0 aliphatic heterocycles. The summed E-state index contributed by atoms with van der Waals surface area (Å²) in [6.45, 7) is 3.47. The number of thioether (sulfide) groups is 1. The number of nitrogen functional groups attached to an aromatic ring is 1. The number of anilines is 1. The van der Waals surface area contributed by atoms with E-state index in [1.54, 1.807) is 13.8 Å². The van der Waals surface area contributed by atoms with Crippen molar-refractivity contribution in [3.63, 3.8) is 0 Å². The fourth-order valence-electron chi connectivity index (χ4n) is 1.29. The zero-order valence-corrected chi connectivity index (χ0v) is 13.2. The summed E-state index contributed by atoms with van der Waals surface area (Å²) in [5.74, 6) is -1.14. The van der Waals surface area contributed by atoms with Crippen molar-refractivity contribution in [2.24, 2.45) is 0 Å². The number of imide groups is 1. The molecule has 0 fully saturated rings. The minimum atomic E-state index is -0.620. The Morgan fingerprint density at radius 1 is 1.45 bits per heavy atom. The van der Waals surface area contributed by atoms with E-state index >= 15 is 0 Å². The van der Waals surface area contributed by atoms with Crippen molar-refractivity contribution in [3.05, 3.63) is 11.8 Å². The van der Waals surface area contributed by atoms with Crippen molar-refractivity contribution in [3.8, 4) is 0 Å². The second kappa shape index (κ2) is 8.17. The summed E-state index contributed by atoms with van der Waals surface area (Å²) in [6, 6.07) is -0.601. The van der Waals surface area contributed by atoms with Crippen LogP contribution in [0.3, 0.4) is 0 Å². The van der Waals surface area contributed by atoms with Crippen molar-refractivity contribution in [2.75, 3.05) is 19.4 Å². The van der Waals surface area contributed by atoms with E-state index in [-0.39, 0.29) is 23.1 Å². The molecule has 1 aromatic rings. The van der Waals surface area contributed by atoms with Gasteiger partial charge in [-0.2, -0.15) is 0 Å². The number of carbonyl (C=O) groups is 3. The topological polar surface area (TPSA) is 136 Å². The summed E-state index contributed by atoms with van der Waals surface area (Å²) in [7, 11) is 1.40. The van der Waals surface area contributed by atoms with Gasteiger partial charge in [-0.1, -0.05) is 11.8 Å². The van der Waals surface area contributed by atoms with Crippen molar-refractivity contribution in [1.82, 2.24) is 20.6 Å². The average molecular weight is 327 g/mol. The molecule has 0 spiro atoms. The quantitative estimate of drug-likeness (QED) is 0.395. The normalized spacial score (nSPS) is 11.4. The molecule has 9 nitrogen and oxygen atoms in total. The van der Waals surface area contributed by atoms with Crippen molar-refractivity contribution in [1.29, 1.82) is 0 Å². The van der Waals surface area contributed by atoms with Crippen molar-refractivity contribution < 1.29 is 19.1 Å². The first kappa shape index (κ1) is 17.7. The number of nitrogens with zero attached hydrogens (tertiary/aromatic N) is 2. The van der Waals surface area contributed by atoms with Gasteiger partial charge in [-0.05, 0) is 13.8 Å². The Hall–Kier alpha value is -2.36.